The van der Waals surface area contributed by atoms with Crippen LogP contribution in [0.15, 0.2) is 18.2 Å². The Bertz CT molecular complexity index is 534. The molecule has 0 heterocycles. The summed E-state index contributed by atoms with van der Waals surface area (Å²) >= 11 is 3.27. The van der Waals surface area contributed by atoms with Crippen LogP contribution in [0.3, 0.4) is 0 Å². The highest BCUT2D eigenvalue weighted by molar-refractivity contribution is 9.09. The van der Waals surface area contributed by atoms with Crippen molar-refractivity contribution in [1.82, 2.24) is 0 Å². The molecule has 0 N–H and O–H groups in total. The van der Waals surface area contributed by atoms with Gasteiger partial charge in [0.1, 0.15) is 5.78 Å². The van der Waals surface area contributed by atoms with Crippen molar-refractivity contribution in [2.45, 2.75) is 25.1 Å². The van der Waals surface area contributed by atoms with Gasteiger partial charge >= 0.3 is 5.97 Å². The van der Waals surface area contributed by atoms with E-state index in [2.05, 4.69) is 15.9 Å². The Morgan fingerprint density at radius 2 is 2.11 bits per heavy atom. The van der Waals surface area contributed by atoms with Crippen LogP contribution in [-0.2, 0) is 16.0 Å². The van der Waals surface area contributed by atoms with Gasteiger partial charge in [0.05, 0.1) is 29.5 Å². The summed E-state index contributed by atoms with van der Waals surface area (Å²) in [6, 6.07) is 6.99. The Labute approximate surface area is 120 Å². The molecule has 0 saturated heterocycles. The number of hydrogen-bond donors (Lipinski definition) is 0. The molecule has 0 amide bonds. The number of carbonyl (C=O) groups excluding carboxylic acids is 2. The maximum absolute atomic E-state index is 11.7. The Balaban J connectivity index is 3.21. The maximum Gasteiger partial charge on any atom is 0.338 e. The number of rotatable bonds is 5. The Morgan fingerprint density at radius 1 is 1.42 bits per heavy atom. The maximum atomic E-state index is 11.7. The molecule has 5 heteroatoms. The van der Waals surface area contributed by atoms with Gasteiger partial charge in [-0.05, 0) is 37.1 Å². The lowest BCUT2D eigenvalue weighted by molar-refractivity contribution is -0.116. The van der Waals surface area contributed by atoms with Gasteiger partial charge in [-0.2, -0.15) is 5.26 Å². The molecule has 0 fully saturated rings. The molecular weight excluding hydrogens is 310 g/mol. The minimum Gasteiger partial charge on any atom is -0.462 e. The van der Waals surface area contributed by atoms with E-state index in [4.69, 9.17) is 10.00 Å². The largest absolute Gasteiger partial charge is 0.462 e. The lowest BCUT2D eigenvalue weighted by atomic mass is 10.0. The van der Waals surface area contributed by atoms with E-state index in [-0.39, 0.29) is 18.8 Å². The number of nitrogens with zero attached hydrogens (tertiary/aromatic N) is 1. The quantitative estimate of drug-likeness (QED) is 0.617. The Hall–Kier alpha value is -1.67. The highest BCUT2D eigenvalue weighted by Crippen LogP contribution is 2.26. The number of ether oxygens (including phenoxy) is 1. The molecule has 19 heavy (non-hydrogen) atoms. The van der Waals surface area contributed by atoms with Gasteiger partial charge < -0.3 is 4.74 Å². The molecule has 0 radical (unpaired) electrons. The van der Waals surface area contributed by atoms with E-state index in [1.54, 1.807) is 25.1 Å². The first-order chi connectivity index (χ1) is 8.99. The Morgan fingerprint density at radius 3 is 2.63 bits per heavy atom. The third-order valence-electron chi connectivity index (χ3n) is 2.46. The number of Topliss-reactive ketones (excluding diaryl/α,β-unsaturated/α-hetero) is 1. The lowest BCUT2D eigenvalue weighted by Crippen LogP contribution is -2.08. The first kappa shape index (κ1) is 15.4. The van der Waals surface area contributed by atoms with Crippen molar-refractivity contribution in [3.8, 4) is 6.07 Å². The number of alkyl halides is 1. The number of carbonyl (C=O) groups is 2. The summed E-state index contributed by atoms with van der Waals surface area (Å²) in [6.45, 7) is 3.46. The fourth-order valence-corrected chi connectivity index (χ4v) is 1.89. The normalized spacial score (nSPS) is 11.5. The fraction of sp³-hybridized carbons (Fsp3) is 0.357. The third-order valence-corrected chi connectivity index (χ3v) is 3.63. The van der Waals surface area contributed by atoms with Gasteiger partial charge in [-0.15, -0.1) is 0 Å². The van der Waals surface area contributed by atoms with Crippen LogP contribution in [0, 0.1) is 11.3 Å². The molecule has 4 nitrogen and oxygen atoms in total. The summed E-state index contributed by atoms with van der Waals surface area (Å²) in [4.78, 5) is 22.6. The van der Waals surface area contributed by atoms with Gasteiger partial charge in [-0.1, -0.05) is 22.0 Å². The monoisotopic (exact) mass is 323 g/mol. The van der Waals surface area contributed by atoms with E-state index in [0.717, 1.165) is 0 Å². The van der Waals surface area contributed by atoms with Crippen molar-refractivity contribution in [2.24, 2.45) is 0 Å². The Kier molecular flexibility index (Phi) is 5.71. The second-order valence-electron chi connectivity index (χ2n) is 3.99. The molecular formula is C14H14BrNO3. The number of esters is 1. The second kappa shape index (κ2) is 7.05. The second-order valence-corrected chi connectivity index (χ2v) is 4.91. The van der Waals surface area contributed by atoms with Gasteiger partial charge in [-0.3, -0.25) is 4.79 Å². The standard InChI is InChI=1S/C14H14BrNO3/c1-3-19-14(18)12-7-10(4-5-16)6-11(8-12)13(15)9(2)17/h6-8,13H,3-4H2,1-2H3. The zero-order valence-electron chi connectivity index (χ0n) is 10.8. The molecule has 1 unspecified atom stereocenters. The van der Waals surface area contributed by atoms with Crippen LogP contribution in [0.25, 0.3) is 0 Å². The van der Waals surface area contributed by atoms with Crippen molar-refractivity contribution in [3.05, 3.63) is 34.9 Å². The first-order valence-corrected chi connectivity index (χ1v) is 6.73. The van der Waals surface area contributed by atoms with Crippen LogP contribution in [0.5, 0.6) is 0 Å². The summed E-state index contributed by atoms with van der Waals surface area (Å²) in [5, 5.41) is 8.75. The van der Waals surface area contributed by atoms with E-state index in [0.29, 0.717) is 16.7 Å². The number of hydrogen-bond acceptors (Lipinski definition) is 4. The average molecular weight is 324 g/mol. The van der Waals surface area contributed by atoms with Gasteiger partial charge in [0, 0.05) is 0 Å². The smallest absolute Gasteiger partial charge is 0.338 e. The number of benzene rings is 1. The molecule has 0 saturated carbocycles. The summed E-state index contributed by atoms with van der Waals surface area (Å²) in [7, 11) is 0. The molecule has 0 aliphatic heterocycles. The molecule has 100 valence electrons. The fourth-order valence-electron chi connectivity index (χ4n) is 1.63. The van der Waals surface area contributed by atoms with Gasteiger partial charge in [0.25, 0.3) is 0 Å². The highest BCUT2D eigenvalue weighted by Gasteiger charge is 2.17. The molecule has 0 aliphatic carbocycles. The molecule has 0 spiro atoms. The van der Waals surface area contributed by atoms with E-state index in [9.17, 15) is 9.59 Å². The molecule has 1 aromatic carbocycles. The summed E-state index contributed by atoms with van der Waals surface area (Å²) in [5.41, 5.74) is 1.70. The van der Waals surface area contributed by atoms with Gasteiger partial charge in [0.15, 0.2) is 0 Å². The third kappa shape index (κ3) is 4.18. The van der Waals surface area contributed by atoms with E-state index < -0.39 is 10.8 Å². The van der Waals surface area contributed by atoms with Crippen molar-refractivity contribution in [1.29, 1.82) is 5.26 Å². The number of nitriles is 1. The summed E-state index contributed by atoms with van der Waals surface area (Å²) < 4.78 is 4.93. The zero-order valence-corrected chi connectivity index (χ0v) is 12.4. The number of ketones is 1. The predicted molar refractivity (Wildman–Crippen MR) is 74.1 cm³/mol. The topological polar surface area (TPSA) is 67.2 Å². The highest BCUT2D eigenvalue weighted by atomic mass is 79.9. The van der Waals surface area contributed by atoms with Crippen molar-refractivity contribution in [2.75, 3.05) is 6.61 Å². The van der Waals surface area contributed by atoms with Crippen LogP contribution >= 0.6 is 15.9 Å². The van der Waals surface area contributed by atoms with Crippen molar-refractivity contribution < 1.29 is 14.3 Å². The predicted octanol–water partition coefficient (Wildman–Crippen LogP) is 2.95. The summed E-state index contributed by atoms with van der Waals surface area (Å²) in [6.07, 6.45) is 0.178. The van der Waals surface area contributed by atoms with Crippen molar-refractivity contribution in [3.63, 3.8) is 0 Å². The van der Waals surface area contributed by atoms with E-state index in [1.807, 2.05) is 6.07 Å². The van der Waals surface area contributed by atoms with Crippen LogP contribution in [0.4, 0.5) is 0 Å². The van der Waals surface area contributed by atoms with Gasteiger partial charge in [-0.25, -0.2) is 4.79 Å². The molecule has 0 bridgehead atoms. The van der Waals surface area contributed by atoms with Crippen LogP contribution < -0.4 is 0 Å². The molecule has 1 aromatic rings. The van der Waals surface area contributed by atoms with Crippen molar-refractivity contribution >= 4 is 27.7 Å². The summed E-state index contributed by atoms with van der Waals surface area (Å²) in [5.74, 6) is -0.518. The molecule has 1 atom stereocenters. The van der Waals surface area contributed by atoms with Crippen LogP contribution in [0.2, 0.25) is 0 Å². The van der Waals surface area contributed by atoms with Crippen LogP contribution in [0.1, 0.15) is 40.2 Å². The first-order valence-electron chi connectivity index (χ1n) is 5.82. The lowest BCUT2D eigenvalue weighted by Gasteiger charge is -2.10. The van der Waals surface area contributed by atoms with Gasteiger partial charge in [0.2, 0.25) is 0 Å². The van der Waals surface area contributed by atoms with Crippen LogP contribution in [-0.4, -0.2) is 18.4 Å². The SMILES string of the molecule is CCOC(=O)c1cc(CC#N)cc(C(Br)C(C)=O)c1. The van der Waals surface area contributed by atoms with E-state index >= 15 is 0 Å². The zero-order chi connectivity index (χ0) is 14.4. The minimum atomic E-state index is -0.487. The van der Waals surface area contributed by atoms with E-state index in [1.165, 1.54) is 6.92 Å². The number of halogens is 1. The molecule has 0 aliphatic rings. The minimum absolute atomic E-state index is 0.0658. The molecule has 1 rings (SSSR count). The molecule has 0 aromatic heterocycles. The average Bonchev–Trinajstić information content (AvgIpc) is 2.38.